The number of amides is 2. The molecule has 0 aliphatic carbocycles. The van der Waals surface area contributed by atoms with Crippen LogP contribution in [0.4, 0.5) is 0 Å². The predicted octanol–water partition coefficient (Wildman–Crippen LogP) is 2.69. The lowest BCUT2D eigenvalue weighted by Crippen LogP contribution is -2.52. The largest absolute Gasteiger partial charge is 0.483 e. The maximum Gasteiger partial charge on any atom is 0.290 e. The van der Waals surface area contributed by atoms with Gasteiger partial charge in [-0.15, -0.1) is 0 Å². The van der Waals surface area contributed by atoms with Gasteiger partial charge in [-0.25, -0.2) is 0 Å². The first-order valence-corrected chi connectivity index (χ1v) is 10.2. The summed E-state index contributed by atoms with van der Waals surface area (Å²) in [7, 11) is 0. The van der Waals surface area contributed by atoms with E-state index in [1.54, 1.807) is 6.07 Å². The fraction of sp³-hybridized carbons (Fsp3) is 0.348. The molecule has 0 atom stereocenters. The Kier molecular flexibility index (Phi) is 7.61. The minimum Gasteiger partial charge on any atom is -0.483 e. The molecule has 1 spiro atoms. The summed E-state index contributed by atoms with van der Waals surface area (Å²) in [5.74, 6) is 1.40. The molecule has 0 saturated carbocycles. The number of para-hydroxylation sites is 1. The highest BCUT2D eigenvalue weighted by Gasteiger charge is 2.38. The van der Waals surface area contributed by atoms with E-state index in [0.717, 1.165) is 18.6 Å². The summed E-state index contributed by atoms with van der Waals surface area (Å²) in [6.45, 7) is 1.93. The van der Waals surface area contributed by atoms with Crippen LogP contribution in [0.25, 0.3) is 0 Å². The second-order valence-electron chi connectivity index (χ2n) is 7.40. The Morgan fingerprint density at radius 2 is 1.77 bits per heavy atom. The normalized spacial score (nSPS) is 17.5. The average molecular weight is 426 g/mol. The monoisotopic (exact) mass is 426 g/mol. The quantitative estimate of drug-likeness (QED) is 0.731. The van der Waals surface area contributed by atoms with Gasteiger partial charge in [-0.05, 0) is 43.2 Å². The van der Waals surface area contributed by atoms with E-state index in [1.165, 1.54) is 0 Å². The molecule has 31 heavy (non-hydrogen) atoms. The van der Waals surface area contributed by atoms with Crippen LogP contribution in [0.1, 0.15) is 29.6 Å². The highest BCUT2D eigenvalue weighted by Crippen LogP contribution is 2.29. The van der Waals surface area contributed by atoms with E-state index < -0.39 is 0 Å². The van der Waals surface area contributed by atoms with Gasteiger partial charge in [0.15, 0.2) is 0 Å². The van der Waals surface area contributed by atoms with E-state index in [4.69, 9.17) is 19.4 Å². The van der Waals surface area contributed by atoms with Gasteiger partial charge in [0.2, 0.25) is 5.91 Å². The summed E-state index contributed by atoms with van der Waals surface area (Å²) in [5.41, 5.74) is 0.265. The Morgan fingerprint density at radius 3 is 2.48 bits per heavy atom. The predicted molar refractivity (Wildman–Crippen MR) is 113 cm³/mol. The molecule has 2 N–H and O–H groups in total. The lowest BCUT2D eigenvalue weighted by Gasteiger charge is -2.40. The summed E-state index contributed by atoms with van der Waals surface area (Å²) < 4.78 is 11.8. The molecule has 2 amide bonds. The average Bonchev–Trinajstić information content (AvgIpc) is 2.97. The van der Waals surface area contributed by atoms with Crippen molar-refractivity contribution in [2.24, 2.45) is 0 Å². The maximum atomic E-state index is 13.0. The van der Waals surface area contributed by atoms with Crippen molar-refractivity contribution < 1.29 is 29.0 Å². The van der Waals surface area contributed by atoms with Crippen LogP contribution in [0.2, 0.25) is 0 Å². The van der Waals surface area contributed by atoms with Crippen LogP contribution < -0.4 is 10.1 Å². The second kappa shape index (κ2) is 10.6. The minimum atomic E-state index is -0.346. The van der Waals surface area contributed by atoms with Crippen molar-refractivity contribution in [2.45, 2.75) is 24.9 Å². The van der Waals surface area contributed by atoms with Crippen molar-refractivity contribution in [2.75, 3.05) is 26.2 Å². The summed E-state index contributed by atoms with van der Waals surface area (Å²) >= 11 is 0. The van der Waals surface area contributed by atoms with Gasteiger partial charge in [0, 0.05) is 31.6 Å². The molecule has 2 heterocycles. The van der Waals surface area contributed by atoms with Gasteiger partial charge in [0.1, 0.15) is 11.5 Å². The van der Waals surface area contributed by atoms with Gasteiger partial charge in [-0.3, -0.25) is 14.4 Å². The Bertz CT molecular complexity index is 894. The third-order valence-electron chi connectivity index (χ3n) is 5.37. The number of carbonyl (C=O) groups is 3. The number of carbonyl (C=O) groups excluding carboxylic acids is 2. The highest BCUT2D eigenvalue weighted by molar-refractivity contribution is 5.94. The summed E-state index contributed by atoms with van der Waals surface area (Å²) in [6.07, 6.45) is 1.84. The fourth-order valence-corrected chi connectivity index (χ4v) is 3.70. The van der Waals surface area contributed by atoms with Crippen molar-refractivity contribution in [1.82, 2.24) is 10.2 Å². The van der Waals surface area contributed by atoms with E-state index >= 15 is 0 Å². The van der Waals surface area contributed by atoms with Gasteiger partial charge in [0.25, 0.3) is 12.4 Å². The van der Waals surface area contributed by atoms with Crippen molar-refractivity contribution in [3.63, 3.8) is 0 Å². The number of hydrogen-bond donors (Lipinski definition) is 2. The number of ether oxygens (including phenoxy) is 2. The minimum absolute atomic E-state index is 0.00832. The second-order valence-corrected chi connectivity index (χ2v) is 7.40. The summed E-state index contributed by atoms with van der Waals surface area (Å²) in [4.78, 5) is 34.7. The van der Waals surface area contributed by atoms with E-state index in [0.29, 0.717) is 44.0 Å². The number of nitrogens with zero attached hydrogens (tertiary/aromatic N) is 1. The van der Waals surface area contributed by atoms with Gasteiger partial charge in [-0.2, -0.15) is 0 Å². The molecule has 0 unspecified atom stereocenters. The third kappa shape index (κ3) is 6.05. The van der Waals surface area contributed by atoms with Crippen LogP contribution in [-0.2, 0) is 14.3 Å². The molecular weight excluding hydrogens is 400 g/mol. The zero-order valence-electron chi connectivity index (χ0n) is 17.2. The molecule has 2 aromatic rings. The van der Waals surface area contributed by atoms with E-state index in [1.807, 2.05) is 53.4 Å². The molecule has 2 aromatic carbocycles. The SMILES string of the molecule is O=C1CCOC2(CCN(C(=O)c3cccc(Oc4ccccc4)c3)CC2)CN1.O=CO. The third-order valence-corrected chi connectivity index (χ3v) is 5.37. The zero-order valence-corrected chi connectivity index (χ0v) is 17.2. The van der Waals surface area contributed by atoms with Crippen LogP contribution in [0.3, 0.4) is 0 Å². The number of hydrogen-bond acceptors (Lipinski definition) is 5. The molecule has 8 nitrogen and oxygen atoms in total. The molecule has 2 aliphatic rings. The Hall–Kier alpha value is -3.39. The van der Waals surface area contributed by atoms with Crippen molar-refractivity contribution in [1.29, 1.82) is 0 Å². The Balaban J connectivity index is 0.000000858. The topological polar surface area (TPSA) is 105 Å². The van der Waals surface area contributed by atoms with E-state index in [-0.39, 0.29) is 23.9 Å². The molecule has 164 valence electrons. The zero-order chi connectivity index (χ0) is 22.1. The molecule has 0 radical (unpaired) electrons. The van der Waals surface area contributed by atoms with Gasteiger partial charge >= 0.3 is 0 Å². The molecule has 4 rings (SSSR count). The first kappa shape index (κ1) is 22.3. The van der Waals surface area contributed by atoms with Crippen LogP contribution in [0.15, 0.2) is 54.6 Å². The first-order valence-electron chi connectivity index (χ1n) is 10.2. The lowest BCUT2D eigenvalue weighted by atomic mass is 9.90. The lowest BCUT2D eigenvalue weighted by molar-refractivity contribution is -0.123. The number of piperidine rings is 1. The molecule has 2 fully saturated rings. The first-order chi connectivity index (χ1) is 15.0. The van der Waals surface area contributed by atoms with Crippen LogP contribution in [-0.4, -0.2) is 60.1 Å². The van der Waals surface area contributed by atoms with Crippen LogP contribution in [0, 0.1) is 0 Å². The van der Waals surface area contributed by atoms with Crippen LogP contribution in [0.5, 0.6) is 11.5 Å². The smallest absolute Gasteiger partial charge is 0.290 e. The summed E-state index contributed by atoms with van der Waals surface area (Å²) in [6, 6.07) is 16.8. The molecule has 0 bridgehead atoms. The molecular formula is C23H26N2O6. The molecule has 2 saturated heterocycles. The van der Waals surface area contributed by atoms with Crippen molar-refractivity contribution in [3.05, 3.63) is 60.2 Å². The number of likely N-dealkylation sites (tertiary alicyclic amines) is 1. The van der Waals surface area contributed by atoms with E-state index in [9.17, 15) is 9.59 Å². The standard InChI is InChI=1S/C22H24N2O4.CH2O2/c25-20-9-14-27-22(16-23-20)10-12-24(13-11-22)21(26)17-5-4-8-19(15-17)28-18-6-2-1-3-7-18;2-1-3/h1-8,15H,9-14,16H2,(H,23,25);1H,(H,2,3). The van der Waals surface area contributed by atoms with Crippen LogP contribution >= 0.6 is 0 Å². The Labute approximate surface area is 180 Å². The maximum absolute atomic E-state index is 13.0. The Morgan fingerprint density at radius 1 is 1.10 bits per heavy atom. The fourth-order valence-electron chi connectivity index (χ4n) is 3.70. The van der Waals surface area contributed by atoms with Crippen molar-refractivity contribution >= 4 is 18.3 Å². The molecule has 8 heteroatoms. The van der Waals surface area contributed by atoms with Gasteiger partial charge < -0.3 is 24.8 Å². The summed E-state index contributed by atoms with van der Waals surface area (Å²) in [5, 5.41) is 9.82. The number of benzene rings is 2. The number of carboxylic acid groups (broad SMARTS) is 1. The number of rotatable bonds is 3. The van der Waals surface area contributed by atoms with Gasteiger partial charge in [-0.1, -0.05) is 24.3 Å². The molecule has 0 aromatic heterocycles. The van der Waals surface area contributed by atoms with Gasteiger partial charge in [0.05, 0.1) is 12.2 Å². The molecule has 2 aliphatic heterocycles. The van der Waals surface area contributed by atoms with Crippen molar-refractivity contribution in [3.8, 4) is 11.5 Å². The number of nitrogens with one attached hydrogen (secondary N) is 1. The van der Waals surface area contributed by atoms with E-state index in [2.05, 4.69) is 5.32 Å². The highest BCUT2D eigenvalue weighted by atomic mass is 16.5.